The Kier molecular flexibility index (Phi) is 6.22. The standard InChI is InChI=1S/C22H23F2N3O2S/c23-18-7-6-17(14-19(18)24)27-11-10-26(22(27)29)15-21(28)25-9-8-20(30-13-12-25)16-4-2-1-3-5-16/h1-7,14,20H,8-13,15H2. The van der Waals surface area contributed by atoms with Crippen LogP contribution in [0.4, 0.5) is 19.3 Å². The Morgan fingerprint density at radius 2 is 1.80 bits per heavy atom. The van der Waals surface area contributed by atoms with Gasteiger partial charge in [-0.2, -0.15) is 11.8 Å². The molecule has 0 bridgehead atoms. The van der Waals surface area contributed by atoms with Crippen LogP contribution in [-0.4, -0.2) is 60.2 Å². The maximum atomic E-state index is 13.5. The molecule has 5 nitrogen and oxygen atoms in total. The third-order valence-corrected chi connectivity index (χ3v) is 6.83. The van der Waals surface area contributed by atoms with E-state index in [9.17, 15) is 18.4 Å². The van der Waals surface area contributed by atoms with E-state index in [4.69, 9.17) is 0 Å². The van der Waals surface area contributed by atoms with Gasteiger partial charge in [-0.3, -0.25) is 9.69 Å². The van der Waals surface area contributed by atoms with Crippen molar-refractivity contribution in [2.45, 2.75) is 11.7 Å². The lowest BCUT2D eigenvalue weighted by Gasteiger charge is -2.24. The molecule has 0 saturated carbocycles. The summed E-state index contributed by atoms with van der Waals surface area (Å²) < 4.78 is 26.7. The van der Waals surface area contributed by atoms with Crippen LogP contribution in [0.3, 0.4) is 0 Å². The summed E-state index contributed by atoms with van der Waals surface area (Å²) in [6, 6.07) is 13.3. The number of hydrogen-bond donors (Lipinski definition) is 0. The number of rotatable bonds is 4. The van der Waals surface area contributed by atoms with Crippen molar-refractivity contribution in [3.63, 3.8) is 0 Å². The molecule has 2 saturated heterocycles. The van der Waals surface area contributed by atoms with E-state index in [0.717, 1.165) is 24.3 Å². The number of nitrogens with zero attached hydrogens (tertiary/aromatic N) is 3. The molecular formula is C22H23F2N3O2S. The number of urea groups is 1. The number of thioether (sulfide) groups is 1. The molecule has 30 heavy (non-hydrogen) atoms. The lowest BCUT2D eigenvalue weighted by atomic mass is 10.1. The van der Waals surface area contributed by atoms with Crippen molar-refractivity contribution >= 4 is 29.4 Å². The molecule has 0 aromatic heterocycles. The lowest BCUT2D eigenvalue weighted by Crippen LogP contribution is -2.43. The molecular weight excluding hydrogens is 408 g/mol. The first-order valence-electron chi connectivity index (χ1n) is 9.99. The van der Waals surface area contributed by atoms with E-state index in [1.54, 1.807) is 0 Å². The van der Waals surface area contributed by atoms with Gasteiger partial charge < -0.3 is 9.80 Å². The van der Waals surface area contributed by atoms with Crippen LogP contribution in [0.5, 0.6) is 0 Å². The van der Waals surface area contributed by atoms with Crippen molar-refractivity contribution in [1.29, 1.82) is 0 Å². The van der Waals surface area contributed by atoms with Gasteiger partial charge in [0.15, 0.2) is 11.6 Å². The number of halogens is 2. The first kappa shape index (κ1) is 20.7. The Hall–Kier alpha value is -2.61. The fourth-order valence-electron chi connectivity index (χ4n) is 3.84. The average molecular weight is 432 g/mol. The van der Waals surface area contributed by atoms with E-state index in [0.29, 0.717) is 37.1 Å². The highest BCUT2D eigenvalue weighted by Gasteiger charge is 2.33. The van der Waals surface area contributed by atoms with Crippen LogP contribution >= 0.6 is 11.8 Å². The molecule has 0 aliphatic carbocycles. The molecule has 4 rings (SSSR count). The van der Waals surface area contributed by atoms with E-state index in [2.05, 4.69) is 12.1 Å². The minimum absolute atomic E-state index is 0.000317. The van der Waals surface area contributed by atoms with Gasteiger partial charge in [-0.05, 0) is 24.1 Å². The normalized spacial score (nSPS) is 19.9. The average Bonchev–Trinajstić information content (AvgIpc) is 2.96. The fraction of sp³-hybridized carbons (Fsp3) is 0.364. The monoisotopic (exact) mass is 431 g/mol. The molecule has 8 heteroatoms. The molecule has 0 N–H and O–H groups in total. The van der Waals surface area contributed by atoms with Crippen LogP contribution in [0.2, 0.25) is 0 Å². The molecule has 0 radical (unpaired) electrons. The van der Waals surface area contributed by atoms with Crippen molar-refractivity contribution in [3.05, 3.63) is 65.7 Å². The summed E-state index contributed by atoms with van der Waals surface area (Å²) in [5.41, 5.74) is 1.57. The fourth-order valence-corrected chi connectivity index (χ4v) is 5.07. The van der Waals surface area contributed by atoms with Gasteiger partial charge in [0, 0.05) is 48.9 Å². The van der Waals surface area contributed by atoms with Crippen molar-refractivity contribution < 1.29 is 18.4 Å². The molecule has 1 unspecified atom stereocenters. The third kappa shape index (κ3) is 4.43. The second-order valence-electron chi connectivity index (χ2n) is 7.39. The highest BCUT2D eigenvalue weighted by atomic mass is 32.2. The minimum Gasteiger partial charge on any atom is -0.340 e. The SMILES string of the molecule is O=C(CN1CCN(c2ccc(F)c(F)c2)C1=O)N1CCSC(c2ccccc2)CC1. The zero-order chi connectivity index (χ0) is 21.1. The third-order valence-electron chi connectivity index (χ3n) is 5.50. The van der Waals surface area contributed by atoms with Gasteiger partial charge in [0.1, 0.15) is 6.54 Å². The van der Waals surface area contributed by atoms with E-state index in [-0.39, 0.29) is 18.5 Å². The van der Waals surface area contributed by atoms with Gasteiger partial charge >= 0.3 is 6.03 Å². The van der Waals surface area contributed by atoms with Gasteiger partial charge in [0.25, 0.3) is 0 Å². The highest BCUT2D eigenvalue weighted by molar-refractivity contribution is 7.99. The van der Waals surface area contributed by atoms with Crippen molar-refractivity contribution in [1.82, 2.24) is 9.80 Å². The van der Waals surface area contributed by atoms with Crippen LogP contribution < -0.4 is 4.90 Å². The maximum Gasteiger partial charge on any atom is 0.325 e. The minimum atomic E-state index is -0.995. The largest absolute Gasteiger partial charge is 0.340 e. The van der Waals surface area contributed by atoms with Crippen molar-refractivity contribution in [2.75, 3.05) is 43.4 Å². The molecule has 2 aromatic rings. The molecule has 158 valence electrons. The van der Waals surface area contributed by atoms with E-state index in [1.807, 2.05) is 34.9 Å². The molecule has 2 aromatic carbocycles. The number of benzene rings is 2. The molecule has 2 aliphatic rings. The van der Waals surface area contributed by atoms with Crippen LogP contribution in [-0.2, 0) is 4.79 Å². The topological polar surface area (TPSA) is 43.9 Å². The number of carbonyl (C=O) groups is 2. The Bertz CT molecular complexity index is 928. The number of anilines is 1. The van der Waals surface area contributed by atoms with Gasteiger partial charge in [0.2, 0.25) is 5.91 Å². The summed E-state index contributed by atoms with van der Waals surface area (Å²) in [4.78, 5) is 30.2. The number of hydrogen-bond acceptors (Lipinski definition) is 3. The first-order valence-corrected chi connectivity index (χ1v) is 11.0. The van der Waals surface area contributed by atoms with Crippen LogP contribution in [0.15, 0.2) is 48.5 Å². The number of amides is 3. The summed E-state index contributed by atoms with van der Waals surface area (Å²) in [5, 5.41) is 0.362. The number of carbonyl (C=O) groups excluding carboxylic acids is 2. The molecule has 2 aliphatic heterocycles. The first-order chi connectivity index (χ1) is 14.5. The summed E-state index contributed by atoms with van der Waals surface area (Å²) in [7, 11) is 0. The maximum absolute atomic E-state index is 13.5. The Labute approximate surface area is 178 Å². The smallest absolute Gasteiger partial charge is 0.325 e. The predicted molar refractivity (Wildman–Crippen MR) is 114 cm³/mol. The van der Waals surface area contributed by atoms with E-state index in [1.165, 1.54) is 21.4 Å². The van der Waals surface area contributed by atoms with Crippen molar-refractivity contribution in [2.24, 2.45) is 0 Å². The van der Waals surface area contributed by atoms with Crippen molar-refractivity contribution in [3.8, 4) is 0 Å². The van der Waals surface area contributed by atoms with Gasteiger partial charge in [-0.15, -0.1) is 0 Å². The van der Waals surface area contributed by atoms with Crippen LogP contribution in [0.25, 0.3) is 0 Å². The van der Waals surface area contributed by atoms with E-state index < -0.39 is 11.6 Å². The van der Waals surface area contributed by atoms with E-state index >= 15 is 0 Å². The summed E-state index contributed by atoms with van der Waals surface area (Å²) in [6.45, 7) is 2.02. The summed E-state index contributed by atoms with van der Waals surface area (Å²) >= 11 is 1.85. The van der Waals surface area contributed by atoms with Gasteiger partial charge in [0.05, 0.1) is 0 Å². The second kappa shape index (κ2) is 9.04. The Balaban J connectivity index is 1.35. The molecule has 2 heterocycles. The van der Waals surface area contributed by atoms with Gasteiger partial charge in [-0.25, -0.2) is 13.6 Å². The Morgan fingerprint density at radius 1 is 1.00 bits per heavy atom. The van der Waals surface area contributed by atoms with Crippen LogP contribution in [0.1, 0.15) is 17.2 Å². The molecule has 1 atom stereocenters. The zero-order valence-corrected chi connectivity index (χ0v) is 17.3. The highest BCUT2D eigenvalue weighted by Crippen LogP contribution is 2.34. The Morgan fingerprint density at radius 3 is 2.57 bits per heavy atom. The quantitative estimate of drug-likeness (QED) is 0.737. The summed E-state index contributed by atoms with van der Waals surface area (Å²) in [5.74, 6) is -1.18. The second-order valence-corrected chi connectivity index (χ2v) is 8.70. The lowest BCUT2D eigenvalue weighted by molar-refractivity contribution is -0.131. The van der Waals surface area contributed by atoms with Gasteiger partial charge in [-0.1, -0.05) is 30.3 Å². The molecule has 2 fully saturated rings. The summed E-state index contributed by atoms with van der Waals surface area (Å²) in [6.07, 6.45) is 0.870. The molecule has 3 amide bonds. The predicted octanol–water partition coefficient (Wildman–Crippen LogP) is 3.91. The zero-order valence-electron chi connectivity index (χ0n) is 16.5. The molecule has 0 spiro atoms. The van der Waals surface area contributed by atoms with Crippen LogP contribution in [0, 0.1) is 11.6 Å².